The molecule has 0 unspecified atom stereocenters. The SMILES string of the molecule is CCc1oc2ccccc2c1/C=C/C(=O)N(C)CC(=O)Nc1cccc(C)c1C. The van der Waals surface area contributed by atoms with E-state index in [1.165, 1.54) is 11.0 Å². The van der Waals surface area contributed by atoms with Crippen molar-refractivity contribution in [1.29, 1.82) is 0 Å². The van der Waals surface area contributed by atoms with Gasteiger partial charge in [-0.15, -0.1) is 0 Å². The maximum Gasteiger partial charge on any atom is 0.246 e. The highest BCUT2D eigenvalue weighted by Crippen LogP contribution is 2.27. The van der Waals surface area contributed by atoms with Crippen molar-refractivity contribution in [1.82, 2.24) is 4.90 Å². The first kappa shape index (κ1) is 20.4. The summed E-state index contributed by atoms with van der Waals surface area (Å²) in [4.78, 5) is 26.3. The summed E-state index contributed by atoms with van der Waals surface area (Å²) in [5.74, 6) is 0.366. The molecule has 0 saturated carbocycles. The summed E-state index contributed by atoms with van der Waals surface area (Å²) in [6, 6.07) is 13.5. The quantitative estimate of drug-likeness (QED) is 0.619. The van der Waals surface area contributed by atoms with Crippen molar-refractivity contribution >= 4 is 34.5 Å². The largest absolute Gasteiger partial charge is 0.460 e. The second-order valence-corrected chi connectivity index (χ2v) is 7.11. The molecule has 0 fully saturated rings. The number of carbonyl (C=O) groups is 2. The lowest BCUT2D eigenvalue weighted by atomic mass is 10.1. The number of hydrogen-bond acceptors (Lipinski definition) is 3. The molecule has 0 bridgehead atoms. The lowest BCUT2D eigenvalue weighted by molar-refractivity contribution is -0.129. The molecule has 0 spiro atoms. The molecule has 0 atom stereocenters. The number of nitrogens with one attached hydrogen (secondary N) is 1. The van der Waals surface area contributed by atoms with Crippen LogP contribution in [-0.2, 0) is 16.0 Å². The fourth-order valence-corrected chi connectivity index (χ4v) is 3.21. The zero-order chi connectivity index (χ0) is 21.0. The predicted octanol–water partition coefficient (Wildman–Crippen LogP) is 4.72. The van der Waals surface area contributed by atoms with Gasteiger partial charge in [-0.25, -0.2) is 0 Å². The first-order chi connectivity index (χ1) is 13.9. The smallest absolute Gasteiger partial charge is 0.246 e. The van der Waals surface area contributed by atoms with Crippen LogP contribution < -0.4 is 5.32 Å². The molecule has 2 amide bonds. The summed E-state index contributed by atoms with van der Waals surface area (Å²) >= 11 is 0. The van der Waals surface area contributed by atoms with Crippen molar-refractivity contribution < 1.29 is 14.0 Å². The summed E-state index contributed by atoms with van der Waals surface area (Å²) in [6.07, 6.45) is 3.99. The van der Waals surface area contributed by atoms with Crippen LogP contribution in [0.5, 0.6) is 0 Å². The number of anilines is 1. The Kier molecular flexibility index (Phi) is 6.17. The number of aryl methyl sites for hydroxylation is 2. The highest BCUT2D eigenvalue weighted by molar-refractivity contribution is 5.99. The third-order valence-corrected chi connectivity index (χ3v) is 5.06. The molecule has 5 heteroatoms. The van der Waals surface area contributed by atoms with E-state index in [1.807, 2.05) is 63.2 Å². The van der Waals surface area contributed by atoms with E-state index in [4.69, 9.17) is 4.42 Å². The van der Waals surface area contributed by atoms with E-state index < -0.39 is 0 Å². The fraction of sp³-hybridized carbons (Fsp3) is 0.250. The van der Waals surface area contributed by atoms with E-state index in [0.29, 0.717) is 0 Å². The molecule has 29 heavy (non-hydrogen) atoms. The van der Waals surface area contributed by atoms with Crippen molar-refractivity contribution in [2.45, 2.75) is 27.2 Å². The zero-order valence-electron chi connectivity index (χ0n) is 17.3. The minimum Gasteiger partial charge on any atom is -0.460 e. The van der Waals surface area contributed by atoms with E-state index in [9.17, 15) is 9.59 Å². The molecule has 3 rings (SSSR count). The number of benzene rings is 2. The van der Waals surface area contributed by atoms with Gasteiger partial charge in [-0.05, 0) is 43.2 Å². The van der Waals surface area contributed by atoms with Gasteiger partial charge in [0.05, 0.1) is 6.54 Å². The average Bonchev–Trinajstić information content (AvgIpc) is 3.07. The molecule has 1 heterocycles. The third-order valence-electron chi connectivity index (χ3n) is 5.06. The van der Waals surface area contributed by atoms with Gasteiger partial charge in [-0.1, -0.05) is 37.3 Å². The van der Waals surface area contributed by atoms with Crippen LogP contribution in [0.2, 0.25) is 0 Å². The minimum atomic E-state index is -0.242. The second-order valence-electron chi connectivity index (χ2n) is 7.11. The number of fused-ring (bicyclic) bond motifs is 1. The highest BCUT2D eigenvalue weighted by Gasteiger charge is 2.14. The molecule has 0 aliphatic carbocycles. The highest BCUT2D eigenvalue weighted by atomic mass is 16.3. The van der Waals surface area contributed by atoms with Gasteiger partial charge < -0.3 is 14.6 Å². The molecular formula is C24H26N2O3. The van der Waals surface area contributed by atoms with Crippen LogP contribution in [0.25, 0.3) is 17.0 Å². The molecule has 5 nitrogen and oxygen atoms in total. The van der Waals surface area contributed by atoms with Gasteiger partial charge in [0.1, 0.15) is 11.3 Å². The number of rotatable bonds is 6. The van der Waals surface area contributed by atoms with Gasteiger partial charge in [0.2, 0.25) is 11.8 Å². The van der Waals surface area contributed by atoms with Gasteiger partial charge in [0.15, 0.2) is 0 Å². The summed E-state index contributed by atoms with van der Waals surface area (Å²) in [6.45, 7) is 5.95. The van der Waals surface area contributed by atoms with Crippen LogP contribution in [0.3, 0.4) is 0 Å². The Morgan fingerprint density at radius 3 is 2.62 bits per heavy atom. The van der Waals surface area contributed by atoms with Gasteiger partial charge in [-0.2, -0.15) is 0 Å². The van der Waals surface area contributed by atoms with Crippen LogP contribution in [0, 0.1) is 13.8 Å². The Morgan fingerprint density at radius 1 is 1.10 bits per heavy atom. The first-order valence-corrected chi connectivity index (χ1v) is 9.70. The Bertz CT molecular complexity index is 1080. The van der Waals surface area contributed by atoms with Crippen LogP contribution in [0.4, 0.5) is 5.69 Å². The number of furan rings is 1. The summed E-state index contributed by atoms with van der Waals surface area (Å²) in [5, 5.41) is 3.85. The lowest BCUT2D eigenvalue weighted by Gasteiger charge is -2.16. The number of nitrogens with zero attached hydrogens (tertiary/aromatic N) is 1. The van der Waals surface area contributed by atoms with E-state index in [2.05, 4.69) is 5.32 Å². The maximum absolute atomic E-state index is 12.5. The normalized spacial score (nSPS) is 11.2. The van der Waals surface area contributed by atoms with Crippen LogP contribution in [-0.4, -0.2) is 30.3 Å². The Balaban J connectivity index is 1.68. The van der Waals surface area contributed by atoms with Gasteiger partial charge in [-0.3, -0.25) is 9.59 Å². The number of amides is 2. The Labute approximate surface area is 171 Å². The van der Waals surface area contributed by atoms with Gasteiger partial charge in [0, 0.05) is 36.2 Å². The number of hydrogen-bond donors (Lipinski definition) is 1. The molecule has 2 aromatic carbocycles. The van der Waals surface area contributed by atoms with Crippen molar-refractivity contribution in [3.8, 4) is 0 Å². The van der Waals surface area contributed by atoms with Crippen molar-refractivity contribution in [3.05, 3.63) is 71.0 Å². The Morgan fingerprint density at radius 2 is 1.86 bits per heavy atom. The molecule has 0 saturated heterocycles. The monoisotopic (exact) mass is 390 g/mol. The van der Waals surface area contributed by atoms with Gasteiger partial charge in [0.25, 0.3) is 0 Å². The van der Waals surface area contributed by atoms with Crippen molar-refractivity contribution in [3.63, 3.8) is 0 Å². The van der Waals surface area contributed by atoms with Crippen LogP contribution >= 0.6 is 0 Å². The molecule has 3 aromatic rings. The molecular weight excluding hydrogens is 364 g/mol. The van der Waals surface area contributed by atoms with Crippen LogP contribution in [0.15, 0.2) is 53.0 Å². The van der Waals surface area contributed by atoms with E-state index >= 15 is 0 Å². The topological polar surface area (TPSA) is 62.6 Å². The maximum atomic E-state index is 12.5. The fourth-order valence-electron chi connectivity index (χ4n) is 3.21. The van der Waals surface area contributed by atoms with Crippen molar-refractivity contribution in [2.24, 2.45) is 0 Å². The molecule has 0 aliphatic rings. The third kappa shape index (κ3) is 4.57. The average molecular weight is 390 g/mol. The van der Waals surface area contributed by atoms with E-state index in [-0.39, 0.29) is 18.4 Å². The summed E-state index contributed by atoms with van der Waals surface area (Å²) in [5.41, 5.74) is 4.61. The number of likely N-dealkylation sites (N-methyl/N-ethyl adjacent to an activating group) is 1. The molecule has 0 aliphatic heterocycles. The lowest BCUT2D eigenvalue weighted by Crippen LogP contribution is -2.34. The second kappa shape index (κ2) is 8.78. The minimum absolute atomic E-state index is 0.0245. The standard InChI is InChI=1S/C24H26N2O3/c1-5-21-19(18-10-6-7-12-22(18)29-21)13-14-24(28)26(4)15-23(27)25-20-11-8-9-16(2)17(20)3/h6-14H,5,15H2,1-4H3,(H,25,27)/b14-13+. The van der Waals surface area contributed by atoms with E-state index in [0.717, 1.165) is 45.5 Å². The molecule has 0 radical (unpaired) electrons. The van der Waals surface area contributed by atoms with Gasteiger partial charge >= 0.3 is 0 Å². The number of para-hydroxylation sites is 1. The van der Waals surface area contributed by atoms with E-state index in [1.54, 1.807) is 13.1 Å². The van der Waals surface area contributed by atoms with Crippen LogP contribution in [0.1, 0.15) is 29.4 Å². The van der Waals surface area contributed by atoms with Crippen molar-refractivity contribution in [2.75, 3.05) is 18.9 Å². The molecule has 1 N–H and O–H groups in total. The summed E-state index contributed by atoms with van der Waals surface area (Å²) < 4.78 is 5.85. The summed E-state index contributed by atoms with van der Waals surface area (Å²) in [7, 11) is 1.61. The Hall–Kier alpha value is -3.34. The predicted molar refractivity (Wildman–Crippen MR) is 117 cm³/mol. The molecule has 150 valence electrons. The first-order valence-electron chi connectivity index (χ1n) is 9.70. The molecule has 1 aromatic heterocycles. The zero-order valence-corrected chi connectivity index (χ0v) is 17.3. The number of carbonyl (C=O) groups excluding carboxylic acids is 2.